The summed E-state index contributed by atoms with van der Waals surface area (Å²) in [4.78, 5) is 19.6. The van der Waals surface area contributed by atoms with Gasteiger partial charge in [0, 0.05) is 37.5 Å². The highest BCUT2D eigenvalue weighted by Crippen LogP contribution is 2.31. The molecule has 152 valence electrons. The van der Waals surface area contributed by atoms with Gasteiger partial charge in [-0.15, -0.1) is 35.3 Å². The third-order valence-corrected chi connectivity index (χ3v) is 5.59. The lowest BCUT2D eigenvalue weighted by molar-refractivity contribution is -0.121. The van der Waals surface area contributed by atoms with Crippen molar-refractivity contribution < 1.29 is 9.53 Å². The van der Waals surface area contributed by atoms with Crippen LogP contribution in [0.5, 0.6) is 5.75 Å². The van der Waals surface area contributed by atoms with Crippen LogP contribution >= 0.6 is 35.3 Å². The fourth-order valence-electron chi connectivity index (χ4n) is 2.99. The number of benzene rings is 1. The Labute approximate surface area is 187 Å². The Morgan fingerprint density at radius 1 is 1.29 bits per heavy atom. The van der Waals surface area contributed by atoms with Crippen LogP contribution in [0.15, 0.2) is 46.8 Å². The third kappa shape index (κ3) is 5.84. The van der Waals surface area contributed by atoms with Crippen molar-refractivity contribution in [2.45, 2.75) is 19.3 Å². The number of ether oxygens (including phenoxy) is 1. The van der Waals surface area contributed by atoms with Crippen LogP contribution in [0, 0.1) is 0 Å². The van der Waals surface area contributed by atoms with Crippen LogP contribution in [0.25, 0.3) is 0 Å². The number of carbonyl (C=O) groups excluding carboxylic acids is 1. The zero-order valence-corrected chi connectivity index (χ0v) is 19.3. The first-order valence-electron chi connectivity index (χ1n) is 9.19. The number of halogens is 1. The molecule has 0 saturated heterocycles. The van der Waals surface area contributed by atoms with Crippen LogP contribution in [0.3, 0.4) is 0 Å². The summed E-state index contributed by atoms with van der Waals surface area (Å²) >= 11 is 1.77. The Balaban J connectivity index is 0.00000280. The first-order chi connectivity index (χ1) is 13.2. The second kappa shape index (κ2) is 11.3. The van der Waals surface area contributed by atoms with Gasteiger partial charge < -0.3 is 20.3 Å². The van der Waals surface area contributed by atoms with Gasteiger partial charge in [0.25, 0.3) is 5.91 Å². The summed E-state index contributed by atoms with van der Waals surface area (Å²) in [5.41, 5.74) is 0.848. The third-order valence-electron chi connectivity index (χ3n) is 4.49. The number of nitrogens with zero attached hydrogens (tertiary/aromatic N) is 2. The largest absolute Gasteiger partial charge is 0.482 e. The van der Waals surface area contributed by atoms with Gasteiger partial charge in [-0.3, -0.25) is 9.79 Å². The molecule has 1 amide bonds. The number of hydrogen-bond acceptors (Lipinski definition) is 4. The molecular weight excluding hydrogens is 487 g/mol. The molecule has 2 heterocycles. The van der Waals surface area contributed by atoms with Crippen LogP contribution in [0.2, 0.25) is 0 Å². The van der Waals surface area contributed by atoms with Crippen molar-refractivity contribution in [1.82, 2.24) is 10.6 Å². The molecule has 3 rings (SSSR count). The Kier molecular flexibility index (Phi) is 9.04. The van der Waals surface area contributed by atoms with E-state index in [2.05, 4.69) is 40.1 Å². The molecule has 1 unspecified atom stereocenters. The molecular formula is C20H27IN4O2S. The van der Waals surface area contributed by atoms with Crippen LogP contribution < -0.4 is 20.3 Å². The number of carbonyl (C=O) groups is 1. The normalized spacial score (nSPS) is 14.6. The number of rotatable bonds is 7. The minimum atomic E-state index is 0. The van der Waals surface area contributed by atoms with Crippen molar-refractivity contribution in [3.05, 3.63) is 46.7 Å². The van der Waals surface area contributed by atoms with E-state index in [4.69, 9.17) is 4.74 Å². The fourth-order valence-corrected chi connectivity index (χ4v) is 3.77. The van der Waals surface area contributed by atoms with Crippen molar-refractivity contribution in [3.8, 4) is 5.75 Å². The molecule has 2 N–H and O–H groups in total. The Morgan fingerprint density at radius 3 is 2.86 bits per heavy atom. The summed E-state index contributed by atoms with van der Waals surface area (Å²) < 4.78 is 5.48. The van der Waals surface area contributed by atoms with Crippen molar-refractivity contribution >= 4 is 52.9 Å². The topological polar surface area (TPSA) is 66.0 Å². The number of hydrogen-bond donors (Lipinski definition) is 2. The van der Waals surface area contributed by atoms with Crippen molar-refractivity contribution in [2.24, 2.45) is 4.99 Å². The second-order valence-corrected chi connectivity index (χ2v) is 7.43. The van der Waals surface area contributed by atoms with E-state index in [9.17, 15) is 4.79 Å². The Hall–Kier alpha value is -1.81. The van der Waals surface area contributed by atoms with Gasteiger partial charge in [0.15, 0.2) is 12.6 Å². The molecule has 0 spiro atoms. The number of para-hydroxylation sites is 2. The first kappa shape index (κ1) is 22.5. The monoisotopic (exact) mass is 514 g/mol. The fraction of sp³-hybridized carbons (Fsp3) is 0.400. The maximum absolute atomic E-state index is 12.2. The lowest BCUT2D eigenvalue weighted by Gasteiger charge is -2.29. The maximum Gasteiger partial charge on any atom is 0.265 e. The summed E-state index contributed by atoms with van der Waals surface area (Å²) in [7, 11) is 1.77. The predicted octanol–water partition coefficient (Wildman–Crippen LogP) is 3.45. The van der Waals surface area contributed by atoms with Gasteiger partial charge in [0.1, 0.15) is 5.75 Å². The molecule has 6 nitrogen and oxygen atoms in total. The van der Waals surface area contributed by atoms with Gasteiger partial charge in [-0.25, -0.2) is 0 Å². The zero-order chi connectivity index (χ0) is 19.1. The number of guanidine groups is 1. The maximum atomic E-state index is 12.2. The molecule has 0 fully saturated rings. The van der Waals surface area contributed by atoms with Gasteiger partial charge >= 0.3 is 0 Å². The molecule has 1 aliphatic rings. The second-order valence-electron chi connectivity index (χ2n) is 6.45. The summed E-state index contributed by atoms with van der Waals surface area (Å²) in [5, 5.41) is 8.79. The first-order valence-corrected chi connectivity index (χ1v) is 10.1. The van der Waals surface area contributed by atoms with Gasteiger partial charge in [0.2, 0.25) is 0 Å². The van der Waals surface area contributed by atoms with E-state index in [1.165, 1.54) is 4.88 Å². The van der Waals surface area contributed by atoms with Crippen molar-refractivity contribution in [2.75, 3.05) is 38.2 Å². The summed E-state index contributed by atoms with van der Waals surface area (Å²) in [6, 6.07) is 11.9. The van der Waals surface area contributed by atoms with Crippen molar-refractivity contribution in [3.63, 3.8) is 0 Å². The Morgan fingerprint density at radius 2 is 2.11 bits per heavy atom. The molecule has 8 heteroatoms. The molecule has 0 bridgehead atoms. The van der Waals surface area contributed by atoms with Gasteiger partial charge in [-0.1, -0.05) is 25.1 Å². The van der Waals surface area contributed by atoms with Crippen LogP contribution in [-0.2, 0) is 4.79 Å². The molecule has 1 aromatic carbocycles. The lowest BCUT2D eigenvalue weighted by atomic mass is 10.1. The molecule has 1 atom stereocenters. The number of fused-ring (bicyclic) bond motifs is 1. The van der Waals surface area contributed by atoms with Crippen LogP contribution in [0.4, 0.5) is 5.69 Å². The van der Waals surface area contributed by atoms with Crippen LogP contribution in [0.1, 0.15) is 24.1 Å². The molecule has 28 heavy (non-hydrogen) atoms. The number of aliphatic imine (C=N–C) groups is 1. The molecule has 1 aliphatic heterocycles. The molecule has 2 aromatic rings. The highest BCUT2D eigenvalue weighted by atomic mass is 127. The Bertz CT molecular complexity index is 782. The number of amides is 1. The highest BCUT2D eigenvalue weighted by Gasteiger charge is 2.24. The molecule has 0 aliphatic carbocycles. The van der Waals surface area contributed by atoms with Crippen molar-refractivity contribution in [1.29, 1.82) is 0 Å². The predicted molar refractivity (Wildman–Crippen MR) is 126 cm³/mol. The summed E-state index contributed by atoms with van der Waals surface area (Å²) in [6.45, 7) is 4.52. The summed E-state index contributed by atoms with van der Waals surface area (Å²) in [6.07, 6.45) is 0.821. The zero-order valence-electron chi connectivity index (χ0n) is 16.2. The molecule has 1 aromatic heterocycles. The lowest BCUT2D eigenvalue weighted by Crippen LogP contribution is -2.42. The highest BCUT2D eigenvalue weighted by molar-refractivity contribution is 14.0. The van der Waals surface area contributed by atoms with Gasteiger partial charge in [0.05, 0.1) is 5.69 Å². The average Bonchev–Trinajstić information content (AvgIpc) is 3.23. The van der Waals surface area contributed by atoms with E-state index >= 15 is 0 Å². The number of nitrogens with one attached hydrogen (secondary N) is 2. The van der Waals surface area contributed by atoms with E-state index in [1.54, 1.807) is 23.3 Å². The van der Waals surface area contributed by atoms with E-state index in [1.807, 2.05) is 24.3 Å². The number of thiophene rings is 1. The van der Waals surface area contributed by atoms with Crippen LogP contribution in [-0.4, -0.2) is 45.2 Å². The minimum Gasteiger partial charge on any atom is -0.482 e. The van der Waals surface area contributed by atoms with E-state index in [0.717, 1.165) is 36.9 Å². The van der Waals surface area contributed by atoms with E-state index in [-0.39, 0.29) is 36.5 Å². The van der Waals surface area contributed by atoms with Gasteiger partial charge in [-0.2, -0.15) is 0 Å². The van der Waals surface area contributed by atoms with E-state index in [0.29, 0.717) is 12.5 Å². The van der Waals surface area contributed by atoms with Gasteiger partial charge in [-0.05, 0) is 30.0 Å². The number of anilines is 1. The molecule has 0 saturated carbocycles. The standard InChI is InChI=1S/C20H26N4O2S.HI/c1-15(18-9-5-12-27-18)13-23-20(21-2)22-10-6-11-24-16-7-3-4-8-17(16)26-14-19(24)25;/h3-5,7-9,12,15H,6,10-11,13-14H2,1-2H3,(H2,21,22,23);1H. The van der Waals surface area contributed by atoms with E-state index < -0.39 is 0 Å². The molecule has 0 radical (unpaired) electrons. The SMILES string of the molecule is CN=C(NCCCN1C(=O)COc2ccccc21)NCC(C)c1cccs1.I. The minimum absolute atomic E-state index is 0. The average molecular weight is 514 g/mol. The smallest absolute Gasteiger partial charge is 0.265 e. The summed E-state index contributed by atoms with van der Waals surface area (Å²) in [5.74, 6) is 1.99. The quantitative estimate of drug-likeness (QED) is 0.257.